The molecule has 0 fully saturated rings. The summed E-state index contributed by atoms with van der Waals surface area (Å²) in [6.45, 7) is 7.29. The molecule has 0 aliphatic carbocycles. The maximum absolute atomic E-state index is 13.2. The fourth-order valence-electron chi connectivity index (χ4n) is 4.27. The van der Waals surface area contributed by atoms with Gasteiger partial charge in [-0.2, -0.15) is 0 Å². The van der Waals surface area contributed by atoms with Crippen molar-refractivity contribution >= 4 is 50.9 Å². The van der Waals surface area contributed by atoms with E-state index in [-0.39, 0.29) is 11.2 Å². The zero-order valence-corrected chi connectivity index (χ0v) is 24.2. The number of fused-ring (bicyclic) bond motifs is 1. The summed E-state index contributed by atoms with van der Waals surface area (Å²) in [5, 5.41) is 4.36. The first-order valence-corrected chi connectivity index (χ1v) is 14.1. The molecule has 1 atom stereocenters. The lowest BCUT2D eigenvalue weighted by Crippen LogP contribution is -2.32. The largest absolute Gasteiger partial charge is 0.449 e. The second-order valence-electron chi connectivity index (χ2n) is 9.21. The molecular formula is C29H27N5O4S2. The second-order valence-corrected chi connectivity index (χ2v) is 11.4. The maximum atomic E-state index is 13.2. The number of carbonyl (C=O) groups is 2. The predicted octanol–water partition coefficient (Wildman–Crippen LogP) is 5.44. The van der Waals surface area contributed by atoms with Crippen molar-refractivity contribution in [3.8, 4) is 5.69 Å². The highest BCUT2D eigenvalue weighted by Crippen LogP contribution is 2.38. The first-order chi connectivity index (χ1) is 19.2. The Bertz CT molecular complexity index is 1810. The molecule has 2 aromatic carbocycles. The van der Waals surface area contributed by atoms with Crippen molar-refractivity contribution < 1.29 is 14.3 Å². The molecule has 0 bridgehead atoms. The first-order valence-electron chi connectivity index (χ1n) is 12.5. The van der Waals surface area contributed by atoms with Gasteiger partial charge in [-0.05, 0) is 57.5 Å². The maximum Gasteiger partial charge on any atom is 0.340 e. The van der Waals surface area contributed by atoms with Gasteiger partial charge in [0.05, 0.1) is 16.9 Å². The summed E-state index contributed by atoms with van der Waals surface area (Å²) in [4.78, 5) is 51.0. The third-order valence-corrected chi connectivity index (χ3v) is 8.89. The molecule has 11 heteroatoms. The Kier molecular flexibility index (Phi) is 7.59. The molecule has 0 spiro atoms. The van der Waals surface area contributed by atoms with Crippen LogP contribution in [0.3, 0.4) is 0 Å². The van der Waals surface area contributed by atoms with Crippen molar-refractivity contribution in [3.05, 3.63) is 93.0 Å². The van der Waals surface area contributed by atoms with Crippen LogP contribution in [0.5, 0.6) is 0 Å². The first kappa shape index (κ1) is 27.4. The molecule has 9 nitrogen and oxygen atoms in total. The van der Waals surface area contributed by atoms with Gasteiger partial charge in [0.15, 0.2) is 6.10 Å². The van der Waals surface area contributed by atoms with Crippen LogP contribution < -0.4 is 10.9 Å². The molecule has 5 aromatic rings. The standard InChI is InChI=1S/C29H27N5O4S2/c1-16-19(4)39-26-23(16)27(31-15-30-26)40-22-14-10-9-13-21(22)29(37)38-18(3)25(35)32-24-17(2)33(5)34(28(24)36)20-11-7-6-8-12-20/h6-15,18H,1-5H3,(H,32,35)/t18-/m0/s1. The van der Waals surface area contributed by atoms with Crippen LogP contribution >= 0.6 is 23.1 Å². The molecule has 0 radical (unpaired) electrons. The van der Waals surface area contributed by atoms with Gasteiger partial charge < -0.3 is 10.1 Å². The predicted molar refractivity (Wildman–Crippen MR) is 157 cm³/mol. The van der Waals surface area contributed by atoms with Crippen molar-refractivity contribution in [2.75, 3.05) is 5.32 Å². The molecule has 5 rings (SSSR count). The fraction of sp³-hybridized carbons (Fsp3) is 0.207. The van der Waals surface area contributed by atoms with Gasteiger partial charge in [0.25, 0.3) is 11.5 Å². The lowest BCUT2D eigenvalue weighted by atomic mass is 10.2. The molecule has 0 unspecified atom stereocenters. The minimum absolute atomic E-state index is 0.129. The fourth-order valence-corrected chi connectivity index (χ4v) is 6.40. The minimum Gasteiger partial charge on any atom is -0.449 e. The second kappa shape index (κ2) is 11.1. The zero-order chi connectivity index (χ0) is 28.6. The van der Waals surface area contributed by atoms with Gasteiger partial charge in [0.1, 0.15) is 21.9 Å². The van der Waals surface area contributed by atoms with Gasteiger partial charge >= 0.3 is 5.97 Å². The average molecular weight is 574 g/mol. The molecule has 0 saturated carbocycles. The Morgan fingerprint density at radius 3 is 2.48 bits per heavy atom. The molecule has 3 aromatic heterocycles. The number of amides is 1. The van der Waals surface area contributed by atoms with Crippen LogP contribution in [0.4, 0.5) is 5.69 Å². The number of benzene rings is 2. The number of thiophene rings is 1. The highest BCUT2D eigenvalue weighted by atomic mass is 32.2. The molecule has 0 aliphatic heterocycles. The number of hydrogen-bond acceptors (Lipinski definition) is 8. The molecule has 40 heavy (non-hydrogen) atoms. The third kappa shape index (κ3) is 5.05. The monoisotopic (exact) mass is 573 g/mol. The summed E-state index contributed by atoms with van der Waals surface area (Å²) in [6.07, 6.45) is 0.368. The number of aryl methyl sites for hydroxylation is 2. The molecular weight excluding hydrogens is 546 g/mol. The number of anilines is 1. The molecule has 0 aliphatic rings. The lowest BCUT2D eigenvalue weighted by Gasteiger charge is -2.14. The van der Waals surface area contributed by atoms with E-state index in [2.05, 4.69) is 15.3 Å². The van der Waals surface area contributed by atoms with Gasteiger partial charge in [-0.25, -0.2) is 19.4 Å². The van der Waals surface area contributed by atoms with Gasteiger partial charge in [0.2, 0.25) is 0 Å². The van der Waals surface area contributed by atoms with E-state index < -0.39 is 18.0 Å². The number of hydrogen-bond donors (Lipinski definition) is 1. The number of aromatic nitrogens is 4. The van der Waals surface area contributed by atoms with Crippen molar-refractivity contribution in [2.24, 2.45) is 7.05 Å². The summed E-state index contributed by atoms with van der Waals surface area (Å²) >= 11 is 2.95. The molecule has 0 saturated heterocycles. The van der Waals surface area contributed by atoms with Gasteiger partial charge in [0, 0.05) is 22.2 Å². The van der Waals surface area contributed by atoms with Crippen molar-refractivity contribution in [2.45, 2.75) is 43.7 Å². The molecule has 1 N–H and O–H groups in total. The van der Waals surface area contributed by atoms with Crippen LogP contribution in [-0.4, -0.2) is 37.3 Å². The highest BCUT2D eigenvalue weighted by molar-refractivity contribution is 7.99. The summed E-state index contributed by atoms with van der Waals surface area (Å²) in [7, 11) is 1.74. The van der Waals surface area contributed by atoms with E-state index in [0.717, 1.165) is 25.7 Å². The summed E-state index contributed by atoms with van der Waals surface area (Å²) in [5.41, 5.74) is 2.40. The highest BCUT2D eigenvalue weighted by Gasteiger charge is 2.25. The van der Waals surface area contributed by atoms with E-state index in [1.165, 1.54) is 29.7 Å². The van der Waals surface area contributed by atoms with Crippen LogP contribution in [-0.2, 0) is 16.6 Å². The number of para-hydroxylation sites is 1. The number of esters is 1. The van der Waals surface area contributed by atoms with E-state index in [4.69, 9.17) is 4.74 Å². The Hall–Kier alpha value is -4.22. The van der Waals surface area contributed by atoms with Gasteiger partial charge in [-0.15, -0.1) is 11.3 Å². The smallest absolute Gasteiger partial charge is 0.340 e. The topological polar surface area (TPSA) is 108 Å². The summed E-state index contributed by atoms with van der Waals surface area (Å²) in [5.74, 6) is -1.26. The van der Waals surface area contributed by atoms with Crippen LogP contribution in [0.25, 0.3) is 15.9 Å². The van der Waals surface area contributed by atoms with E-state index in [9.17, 15) is 14.4 Å². The third-order valence-electron chi connectivity index (χ3n) is 6.70. The van der Waals surface area contributed by atoms with Crippen LogP contribution in [0.2, 0.25) is 0 Å². The van der Waals surface area contributed by atoms with E-state index in [0.29, 0.717) is 21.8 Å². The van der Waals surface area contributed by atoms with Crippen LogP contribution in [0, 0.1) is 20.8 Å². The quantitative estimate of drug-likeness (QED) is 0.204. The van der Waals surface area contributed by atoms with E-state index in [1.54, 1.807) is 54.3 Å². The Morgan fingerprint density at radius 2 is 1.73 bits per heavy atom. The molecule has 204 valence electrons. The average Bonchev–Trinajstić information content (AvgIpc) is 3.36. The summed E-state index contributed by atoms with van der Waals surface area (Å²) < 4.78 is 8.69. The van der Waals surface area contributed by atoms with Crippen LogP contribution in [0.15, 0.2) is 75.6 Å². The lowest BCUT2D eigenvalue weighted by molar-refractivity contribution is -0.123. The number of ether oxygens (including phenoxy) is 1. The number of rotatable bonds is 7. The SMILES string of the molecule is Cc1sc2ncnc(Sc3ccccc3C(=O)O[C@@H](C)C(=O)Nc3c(C)n(C)n(-c4ccccc4)c3=O)c2c1C. The van der Waals surface area contributed by atoms with E-state index in [1.807, 2.05) is 44.2 Å². The normalized spacial score (nSPS) is 11.9. The Labute approximate surface area is 238 Å². The molecule has 3 heterocycles. The number of carbonyl (C=O) groups excluding carboxylic acids is 2. The minimum atomic E-state index is -1.15. The summed E-state index contributed by atoms with van der Waals surface area (Å²) in [6, 6.07) is 16.2. The zero-order valence-electron chi connectivity index (χ0n) is 22.6. The van der Waals surface area contributed by atoms with E-state index >= 15 is 0 Å². The van der Waals surface area contributed by atoms with Gasteiger partial charge in [-0.1, -0.05) is 42.1 Å². The molecule has 1 amide bonds. The van der Waals surface area contributed by atoms with Crippen molar-refractivity contribution in [1.29, 1.82) is 0 Å². The van der Waals surface area contributed by atoms with Crippen molar-refractivity contribution in [1.82, 2.24) is 19.3 Å². The number of nitrogens with zero attached hydrogens (tertiary/aromatic N) is 4. The van der Waals surface area contributed by atoms with Crippen LogP contribution in [0.1, 0.15) is 33.4 Å². The number of nitrogens with one attached hydrogen (secondary N) is 1. The Balaban J connectivity index is 1.35. The van der Waals surface area contributed by atoms with Crippen molar-refractivity contribution in [3.63, 3.8) is 0 Å². The van der Waals surface area contributed by atoms with Gasteiger partial charge in [-0.3, -0.25) is 14.3 Å². The Morgan fingerprint density at radius 1 is 1.02 bits per heavy atom.